The van der Waals surface area contributed by atoms with Crippen molar-refractivity contribution in [3.63, 3.8) is 0 Å². The van der Waals surface area contributed by atoms with Crippen LogP contribution in [0.5, 0.6) is 0 Å². The van der Waals surface area contributed by atoms with E-state index in [4.69, 9.17) is 9.47 Å². The summed E-state index contributed by atoms with van der Waals surface area (Å²) >= 11 is 0. The van der Waals surface area contributed by atoms with Crippen molar-refractivity contribution in [3.05, 3.63) is 95.3 Å². The third kappa shape index (κ3) is 4.43. The third-order valence-electron chi connectivity index (χ3n) is 5.45. The Hall–Kier alpha value is -3.67. The number of fused-ring (bicyclic) bond motifs is 3. The molecule has 0 radical (unpaired) electrons. The summed E-state index contributed by atoms with van der Waals surface area (Å²) in [6.45, 7) is 0.133. The van der Waals surface area contributed by atoms with Crippen LogP contribution in [0.3, 0.4) is 0 Å². The number of methoxy groups -OCH3 is 1. The Balaban J connectivity index is 1.45. The maximum absolute atomic E-state index is 13.5. The molecule has 1 atom stereocenters. The fraction of sp³-hybridized carbons (Fsp3) is 0.200. The Morgan fingerprint density at radius 1 is 0.968 bits per heavy atom. The van der Waals surface area contributed by atoms with Gasteiger partial charge in [-0.2, -0.15) is 0 Å². The molecule has 0 saturated heterocycles. The molecule has 158 valence electrons. The zero-order chi connectivity index (χ0) is 21.8. The highest BCUT2D eigenvalue weighted by Crippen LogP contribution is 2.44. The molecule has 1 N–H and O–H groups in total. The molecular weight excluding hydrogens is 397 g/mol. The van der Waals surface area contributed by atoms with E-state index < -0.39 is 23.9 Å². The van der Waals surface area contributed by atoms with Gasteiger partial charge in [0.25, 0.3) is 0 Å². The number of hydrogen-bond donors (Lipinski definition) is 1. The summed E-state index contributed by atoms with van der Waals surface area (Å²) in [5.41, 5.74) is 5.02. The molecule has 0 fully saturated rings. The quantitative estimate of drug-likeness (QED) is 0.600. The van der Waals surface area contributed by atoms with Crippen LogP contribution in [0.2, 0.25) is 0 Å². The molecule has 0 aliphatic heterocycles. The summed E-state index contributed by atoms with van der Waals surface area (Å²) in [6, 6.07) is 20.9. The Kier molecular flexibility index (Phi) is 5.98. The second-order valence-electron chi connectivity index (χ2n) is 7.38. The van der Waals surface area contributed by atoms with E-state index in [9.17, 15) is 14.0 Å². The Bertz CT molecular complexity index is 1070. The fourth-order valence-electron chi connectivity index (χ4n) is 4.02. The number of ether oxygens (including phenoxy) is 2. The van der Waals surface area contributed by atoms with E-state index in [2.05, 4.69) is 17.4 Å². The van der Waals surface area contributed by atoms with Crippen molar-refractivity contribution in [1.82, 2.24) is 5.32 Å². The van der Waals surface area contributed by atoms with Crippen LogP contribution in [-0.2, 0) is 20.7 Å². The second kappa shape index (κ2) is 9.00. The smallest absolute Gasteiger partial charge is 0.407 e. The highest BCUT2D eigenvalue weighted by Gasteiger charge is 2.30. The summed E-state index contributed by atoms with van der Waals surface area (Å²) in [7, 11) is 1.24. The largest absolute Gasteiger partial charge is 0.467 e. The van der Waals surface area contributed by atoms with Gasteiger partial charge in [-0.05, 0) is 39.9 Å². The topological polar surface area (TPSA) is 64.6 Å². The number of esters is 1. The lowest BCUT2D eigenvalue weighted by molar-refractivity contribution is -0.143. The first-order valence-corrected chi connectivity index (χ1v) is 10.0. The van der Waals surface area contributed by atoms with E-state index in [1.165, 1.54) is 19.2 Å². The van der Waals surface area contributed by atoms with Gasteiger partial charge in [-0.1, -0.05) is 60.7 Å². The van der Waals surface area contributed by atoms with Crippen molar-refractivity contribution in [2.24, 2.45) is 0 Å². The van der Waals surface area contributed by atoms with E-state index >= 15 is 0 Å². The van der Waals surface area contributed by atoms with Crippen molar-refractivity contribution in [3.8, 4) is 11.1 Å². The molecule has 0 aromatic heterocycles. The van der Waals surface area contributed by atoms with Crippen LogP contribution in [-0.4, -0.2) is 31.8 Å². The number of carbonyl (C=O) groups excluding carboxylic acids is 2. The van der Waals surface area contributed by atoms with Crippen LogP contribution in [0.4, 0.5) is 9.18 Å². The molecule has 3 aromatic carbocycles. The van der Waals surface area contributed by atoms with Crippen molar-refractivity contribution >= 4 is 12.1 Å². The molecule has 0 heterocycles. The maximum atomic E-state index is 13.5. The van der Waals surface area contributed by atoms with Gasteiger partial charge in [0.2, 0.25) is 0 Å². The molecule has 1 amide bonds. The van der Waals surface area contributed by atoms with Gasteiger partial charge in [-0.3, -0.25) is 0 Å². The average molecular weight is 419 g/mol. The van der Waals surface area contributed by atoms with Gasteiger partial charge in [0, 0.05) is 12.3 Å². The van der Waals surface area contributed by atoms with Gasteiger partial charge in [0.05, 0.1) is 7.11 Å². The van der Waals surface area contributed by atoms with Gasteiger partial charge in [-0.25, -0.2) is 14.0 Å². The van der Waals surface area contributed by atoms with Gasteiger partial charge < -0.3 is 14.8 Å². The minimum atomic E-state index is -0.984. The van der Waals surface area contributed by atoms with Crippen LogP contribution < -0.4 is 5.32 Å². The second-order valence-corrected chi connectivity index (χ2v) is 7.38. The number of rotatable bonds is 6. The maximum Gasteiger partial charge on any atom is 0.407 e. The molecule has 0 spiro atoms. The summed E-state index contributed by atoms with van der Waals surface area (Å²) in [6.07, 6.45) is -0.636. The molecule has 4 rings (SSSR count). The highest BCUT2D eigenvalue weighted by molar-refractivity contribution is 5.82. The molecule has 5 nitrogen and oxygen atoms in total. The number of halogens is 1. The molecule has 31 heavy (non-hydrogen) atoms. The van der Waals surface area contributed by atoms with Crippen molar-refractivity contribution in [1.29, 1.82) is 0 Å². The van der Waals surface area contributed by atoms with Crippen LogP contribution in [0.25, 0.3) is 11.1 Å². The standard InChI is InChI=1S/C25H22FNO4/c1-30-24(28)23(14-16-7-6-8-17(26)13-16)27-25(29)31-15-22-20-11-4-2-9-18(20)19-10-3-5-12-21(19)22/h2-13,22-23H,14-15H2,1H3,(H,27,29)/t23-/m0/s1. The number of alkyl carbamates (subject to hydrolysis) is 1. The first kappa shape index (κ1) is 20.6. The first-order chi connectivity index (χ1) is 15.1. The summed E-state index contributed by atoms with van der Waals surface area (Å²) in [4.78, 5) is 24.6. The predicted octanol–water partition coefficient (Wildman–Crippen LogP) is 4.45. The molecular formula is C25H22FNO4. The Morgan fingerprint density at radius 3 is 2.23 bits per heavy atom. The van der Waals surface area contributed by atoms with Crippen LogP contribution in [0.15, 0.2) is 72.8 Å². The number of amides is 1. The van der Waals surface area contributed by atoms with E-state index in [-0.39, 0.29) is 18.9 Å². The number of carbonyl (C=O) groups is 2. The van der Waals surface area contributed by atoms with E-state index in [1.54, 1.807) is 12.1 Å². The van der Waals surface area contributed by atoms with Crippen molar-refractivity contribution < 1.29 is 23.5 Å². The molecule has 0 saturated carbocycles. The highest BCUT2D eigenvalue weighted by atomic mass is 19.1. The molecule has 0 bridgehead atoms. The third-order valence-corrected chi connectivity index (χ3v) is 5.45. The lowest BCUT2D eigenvalue weighted by atomic mass is 9.98. The van der Waals surface area contributed by atoms with Crippen LogP contribution >= 0.6 is 0 Å². The van der Waals surface area contributed by atoms with E-state index in [0.717, 1.165) is 22.3 Å². The minimum absolute atomic E-state index is 0.0852. The zero-order valence-corrected chi connectivity index (χ0v) is 17.0. The molecule has 3 aromatic rings. The van der Waals surface area contributed by atoms with Crippen LogP contribution in [0, 0.1) is 5.82 Å². The number of benzene rings is 3. The molecule has 6 heteroatoms. The zero-order valence-electron chi connectivity index (χ0n) is 17.0. The van der Waals surface area contributed by atoms with E-state index in [1.807, 2.05) is 36.4 Å². The molecule has 1 aliphatic rings. The molecule has 1 aliphatic carbocycles. The van der Waals surface area contributed by atoms with Gasteiger partial charge >= 0.3 is 12.1 Å². The summed E-state index contributed by atoms with van der Waals surface area (Å²) < 4.78 is 23.7. The lowest BCUT2D eigenvalue weighted by Gasteiger charge is -2.18. The predicted molar refractivity (Wildman–Crippen MR) is 114 cm³/mol. The SMILES string of the molecule is COC(=O)[C@H](Cc1cccc(F)c1)NC(=O)OCC1c2ccccc2-c2ccccc21. The fourth-order valence-corrected chi connectivity index (χ4v) is 4.02. The number of nitrogens with one attached hydrogen (secondary N) is 1. The normalized spacial score (nSPS) is 13.1. The Morgan fingerprint density at radius 2 is 1.61 bits per heavy atom. The van der Waals surface area contributed by atoms with Crippen molar-refractivity contribution in [2.75, 3.05) is 13.7 Å². The van der Waals surface area contributed by atoms with E-state index in [0.29, 0.717) is 5.56 Å². The minimum Gasteiger partial charge on any atom is -0.467 e. The van der Waals surface area contributed by atoms with Crippen LogP contribution in [0.1, 0.15) is 22.6 Å². The van der Waals surface area contributed by atoms with Gasteiger partial charge in [0.15, 0.2) is 0 Å². The first-order valence-electron chi connectivity index (χ1n) is 10.0. The molecule has 0 unspecified atom stereocenters. The number of hydrogen-bond acceptors (Lipinski definition) is 4. The summed E-state index contributed by atoms with van der Waals surface area (Å²) in [5, 5.41) is 2.55. The average Bonchev–Trinajstić information content (AvgIpc) is 3.10. The summed E-state index contributed by atoms with van der Waals surface area (Å²) in [5.74, 6) is -1.13. The lowest BCUT2D eigenvalue weighted by Crippen LogP contribution is -2.43. The monoisotopic (exact) mass is 419 g/mol. The Labute approximate surface area is 179 Å². The van der Waals surface area contributed by atoms with Gasteiger partial charge in [-0.15, -0.1) is 0 Å². The van der Waals surface area contributed by atoms with Gasteiger partial charge in [0.1, 0.15) is 18.5 Å². The van der Waals surface area contributed by atoms with Crippen molar-refractivity contribution in [2.45, 2.75) is 18.4 Å².